The molecule has 0 atom stereocenters. The summed E-state index contributed by atoms with van der Waals surface area (Å²) in [5.74, 6) is 0. The van der Waals surface area contributed by atoms with Crippen LogP contribution < -0.4 is 4.90 Å². The summed E-state index contributed by atoms with van der Waals surface area (Å²) in [7, 11) is 0. The zero-order valence-corrected chi connectivity index (χ0v) is 29.8. The van der Waals surface area contributed by atoms with Crippen LogP contribution in [0.2, 0.25) is 0 Å². The van der Waals surface area contributed by atoms with Gasteiger partial charge in [0.1, 0.15) is 11.2 Å². The van der Waals surface area contributed by atoms with Crippen molar-refractivity contribution in [3.8, 4) is 44.5 Å². The van der Waals surface area contributed by atoms with E-state index in [0.29, 0.717) is 0 Å². The summed E-state index contributed by atoms with van der Waals surface area (Å²) in [5, 5.41) is 2.23. The van der Waals surface area contributed by atoms with Gasteiger partial charge in [-0.2, -0.15) is 0 Å². The van der Waals surface area contributed by atoms with E-state index in [9.17, 15) is 0 Å². The summed E-state index contributed by atoms with van der Waals surface area (Å²) >= 11 is 0. The molecule has 0 aliphatic heterocycles. The normalized spacial score (nSPS) is 12.9. The van der Waals surface area contributed by atoms with Gasteiger partial charge < -0.3 is 9.32 Å². The number of anilines is 3. The Morgan fingerprint density at radius 3 is 1.55 bits per heavy atom. The molecule has 252 valence electrons. The Balaban J connectivity index is 1.21. The Bertz CT molecular complexity index is 2760. The van der Waals surface area contributed by atoms with Crippen molar-refractivity contribution in [2.45, 2.75) is 19.3 Å². The van der Waals surface area contributed by atoms with Crippen LogP contribution in [0.25, 0.3) is 66.4 Å². The van der Waals surface area contributed by atoms with Gasteiger partial charge in [0, 0.05) is 27.7 Å². The zero-order valence-electron chi connectivity index (χ0n) is 29.8. The van der Waals surface area contributed by atoms with E-state index in [0.717, 1.165) is 39.0 Å². The number of hydrogen-bond donors (Lipinski definition) is 0. The summed E-state index contributed by atoms with van der Waals surface area (Å²) in [6.07, 6.45) is 0. The standard InChI is InChI=1S/C51H37NO/c1-51(2)44-21-13-12-20-42(44)48-45(51)33-47-49(43-32-39(28-31-46(43)53-47)35-16-8-4-9-17-35)50(48)52(40-18-10-5-11-19-40)41-29-26-38(27-30-41)37-24-22-36(23-25-37)34-14-6-3-7-15-34/h3-33H,1-2H3. The number of hydrogen-bond acceptors (Lipinski definition) is 2. The lowest BCUT2D eigenvalue weighted by atomic mass is 9.82. The summed E-state index contributed by atoms with van der Waals surface area (Å²) in [6.45, 7) is 4.68. The maximum atomic E-state index is 6.82. The van der Waals surface area contributed by atoms with Crippen molar-refractivity contribution in [3.05, 3.63) is 199 Å². The third-order valence-electron chi connectivity index (χ3n) is 11.1. The summed E-state index contributed by atoms with van der Waals surface area (Å²) in [4.78, 5) is 2.45. The molecule has 0 unspecified atom stereocenters. The van der Waals surface area contributed by atoms with Crippen LogP contribution in [-0.2, 0) is 5.41 Å². The minimum absolute atomic E-state index is 0.207. The number of rotatable bonds is 6. The Morgan fingerprint density at radius 2 is 0.906 bits per heavy atom. The molecule has 0 N–H and O–H groups in total. The fourth-order valence-corrected chi connectivity index (χ4v) is 8.38. The quantitative estimate of drug-likeness (QED) is 0.174. The molecule has 8 aromatic carbocycles. The second-order valence-electron chi connectivity index (χ2n) is 14.5. The minimum Gasteiger partial charge on any atom is -0.456 e. The fraction of sp³-hybridized carbons (Fsp3) is 0.0588. The number of nitrogens with zero attached hydrogens (tertiary/aromatic N) is 1. The SMILES string of the molecule is CC1(C)c2ccccc2-c2c1cc1oc3ccc(-c4ccccc4)cc3c1c2N(c1ccccc1)c1ccc(-c2ccc(-c3ccccc3)cc2)cc1. The van der Waals surface area contributed by atoms with Crippen LogP contribution in [0.5, 0.6) is 0 Å². The summed E-state index contributed by atoms with van der Waals surface area (Å²) in [5.41, 5.74) is 17.2. The summed E-state index contributed by atoms with van der Waals surface area (Å²) in [6, 6.07) is 67.7. The molecule has 1 heterocycles. The van der Waals surface area contributed by atoms with Crippen LogP contribution in [0.4, 0.5) is 17.1 Å². The monoisotopic (exact) mass is 679 g/mol. The number of furan rings is 1. The highest BCUT2D eigenvalue weighted by Crippen LogP contribution is 2.58. The van der Waals surface area contributed by atoms with Gasteiger partial charge in [-0.05, 0) is 92.5 Å². The molecule has 1 aliphatic rings. The van der Waals surface area contributed by atoms with Crippen LogP contribution >= 0.6 is 0 Å². The zero-order chi connectivity index (χ0) is 35.5. The number of para-hydroxylation sites is 1. The molecule has 2 heteroatoms. The van der Waals surface area contributed by atoms with E-state index in [-0.39, 0.29) is 5.41 Å². The van der Waals surface area contributed by atoms with Crippen molar-refractivity contribution in [1.29, 1.82) is 0 Å². The van der Waals surface area contributed by atoms with Crippen LogP contribution in [0, 0.1) is 0 Å². The van der Waals surface area contributed by atoms with Gasteiger partial charge in [-0.15, -0.1) is 0 Å². The van der Waals surface area contributed by atoms with Gasteiger partial charge >= 0.3 is 0 Å². The second kappa shape index (κ2) is 12.3. The molecule has 10 rings (SSSR count). The Labute approximate surface area is 310 Å². The molecule has 9 aromatic rings. The van der Waals surface area contributed by atoms with E-state index in [1.54, 1.807) is 0 Å². The largest absolute Gasteiger partial charge is 0.456 e. The Morgan fingerprint density at radius 1 is 0.415 bits per heavy atom. The molecule has 1 aliphatic carbocycles. The molecular weight excluding hydrogens is 643 g/mol. The first-order valence-electron chi connectivity index (χ1n) is 18.3. The van der Waals surface area contributed by atoms with Crippen molar-refractivity contribution < 1.29 is 4.42 Å². The van der Waals surface area contributed by atoms with Gasteiger partial charge in [0.2, 0.25) is 0 Å². The highest BCUT2D eigenvalue weighted by molar-refractivity contribution is 6.19. The first-order chi connectivity index (χ1) is 26.0. The molecule has 53 heavy (non-hydrogen) atoms. The van der Waals surface area contributed by atoms with E-state index in [4.69, 9.17) is 4.42 Å². The Hall–Kier alpha value is -6.64. The van der Waals surface area contributed by atoms with Crippen LogP contribution in [-0.4, -0.2) is 0 Å². The topological polar surface area (TPSA) is 16.4 Å². The molecule has 0 bridgehead atoms. The van der Waals surface area contributed by atoms with Gasteiger partial charge in [0.25, 0.3) is 0 Å². The van der Waals surface area contributed by atoms with Crippen molar-refractivity contribution >= 4 is 39.0 Å². The van der Waals surface area contributed by atoms with E-state index < -0.39 is 0 Å². The molecule has 0 spiro atoms. The van der Waals surface area contributed by atoms with Crippen molar-refractivity contribution in [3.63, 3.8) is 0 Å². The van der Waals surface area contributed by atoms with Crippen molar-refractivity contribution in [1.82, 2.24) is 0 Å². The third kappa shape index (κ3) is 5.10. The molecule has 0 saturated carbocycles. The highest BCUT2D eigenvalue weighted by Gasteiger charge is 2.40. The maximum absolute atomic E-state index is 6.82. The van der Waals surface area contributed by atoms with E-state index in [1.807, 2.05) is 0 Å². The van der Waals surface area contributed by atoms with Gasteiger partial charge in [0.05, 0.1) is 11.1 Å². The van der Waals surface area contributed by atoms with Crippen LogP contribution in [0.1, 0.15) is 25.0 Å². The van der Waals surface area contributed by atoms with E-state index in [2.05, 4.69) is 207 Å². The van der Waals surface area contributed by atoms with Crippen LogP contribution in [0.15, 0.2) is 192 Å². The lowest BCUT2D eigenvalue weighted by Crippen LogP contribution is -2.16. The maximum Gasteiger partial charge on any atom is 0.137 e. The van der Waals surface area contributed by atoms with Gasteiger partial charge in [-0.25, -0.2) is 0 Å². The van der Waals surface area contributed by atoms with Gasteiger partial charge in [-0.3, -0.25) is 0 Å². The molecular formula is C51H37NO. The van der Waals surface area contributed by atoms with E-state index in [1.165, 1.54) is 55.6 Å². The van der Waals surface area contributed by atoms with Gasteiger partial charge in [-0.1, -0.05) is 159 Å². The lowest BCUT2D eigenvalue weighted by molar-refractivity contribution is 0.647. The molecule has 0 saturated heterocycles. The molecule has 0 fully saturated rings. The third-order valence-corrected chi connectivity index (χ3v) is 11.1. The minimum atomic E-state index is -0.207. The first kappa shape index (κ1) is 31.1. The lowest BCUT2D eigenvalue weighted by Gasteiger charge is -2.30. The van der Waals surface area contributed by atoms with Crippen molar-refractivity contribution in [2.75, 3.05) is 4.90 Å². The Kier molecular flexibility index (Phi) is 7.19. The number of benzene rings is 8. The first-order valence-corrected chi connectivity index (χ1v) is 18.3. The average Bonchev–Trinajstić information content (AvgIpc) is 3.70. The van der Waals surface area contributed by atoms with Gasteiger partial charge in [0.15, 0.2) is 0 Å². The molecule has 2 nitrogen and oxygen atoms in total. The van der Waals surface area contributed by atoms with Crippen LogP contribution in [0.3, 0.4) is 0 Å². The smallest absolute Gasteiger partial charge is 0.137 e. The molecule has 1 aromatic heterocycles. The molecule has 0 amide bonds. The predicted molar refractivity (Wildman–Crippen MR) is 222 cm³/mol. The predicted octanol–water partition coefficient (Wildman–Crippen LogP) is 14.4. The fourth-order valence-electron chi connectivity index (χ4n) is 8.38. The average molecular weight is 680 g/mol. The number of fused-ring (bicyclic) bond motifs is 6. The second-order valence-corrected chi connectivity index (χ2v) is 14.5. The molecule has 0 radical (unpaired) electrons. The van der Waals surface area contributed by atoms with Crippen molar-refractivity contribution in [2.24, 2.45) is 0 Å². The van der Waals surface area contributed by atoms with E-state index >= 15 is 0 Å². The summed E-state index contributed by atoms with van der Waals surface area (Å²) < 4.78 is 6.82. The highest BCUT2D eigenvalue weighted by atomic mass is 16.3.